The monoisotopic (exact) mass is 340 g/mol. The van der Waals surface area contributed by atoms with Gasteiger partial charge in [-0.05, 0) is 31.9 Å². The fraction of sp³-hybridized carbons (Fsp3) is 0.500. The van der Waals surface area contributed by atoms with Crippen LogP contribution in [0.1, 0.15) is 39.0 Å². The number of nitriles is 1. The first-order valence-electron chi connectivity index (χ1n) is 7.31. The molecule has 1 atom stereocenters. The minimum atomic E-state index is -0.773. The number of amides is 1. The molecule has 2 rings (SSSR count). The van der Waals surface area contributed by atoms with Gasteiger partial charge >= 0.3 is 0 Å². The van der Waals surface area contributed by atoms with E-state index in [9.17, 15) is 10.1 Å². The number of benzene rings is 1. The van der Waals surface area contributed by atoms with E-state index in [0.717, 1.165) is 19.3 Å². The summed E-state index contributed by atoms with van der Waals surface area (Å²) in [5.41, 5.74) is -0.773. The zero-order valence-electron chi connectivity index (χ0n) is 12.4. The van der Waals surface area contributed by atoms with Crippen molar-refractivity contribution in [3.63, 3.8) is 0 Å². The molecule has 0 spiro atoms. The number of ether oxygens (including phenoxy) is 1. The highest BCUT2D eigenvalue weighted by molar-refractivity contribution is 6.34. The maximum absolute atomic E-state index is 12.3. The minimum Gasteiger partial charge on any atom is -0.479 e. The topological polar surface area (TPSA) is 62.1 Å². The molecule has 1 aromatic carbocycles. The Bertz CT molecular complexity index is 592. The van der Waals surface area contributed by atoms with Crippen LogP contribution >= 0.6 is 23.2 Å². The highest BCUT2D eigenvalue weighted by Gasteiger charge is 2.35. The van der Waals surface area contributed by atoms with Crippen LogP contribution in [-0.4, -0.2) is 17.6 Å². The number of halogens is 2. The summed E-state index contributed by atoms with van der Waals surface area (Å²) in [7, 11) is 0. The van der Waals surface area contributed by atoms with Gasteiger partial charge in [0.15, 0.2) is 6.10 Å². The molecule has 0 saturated heterocycles. The molecule has 118 valence electrons. The molecule has 0 heterocycles. The summed E-state index contributed by atoms with van der Waals surface area (Å²) in [6.07, 6.45) is 3.60. The smallest absolute Gasteiger partial charge is 0.262 e. The van der Waals surface area contributed by atoms with E-state index in [1.807, 2.05) is 0 Å². The molecule has 1 amide bonds. The van der Waals surface area contributed by atoms with Gasteiger partial charge in [-0.3, -0.25) is 4.79 Å². The Hall–Kier alpha value is -1.44. The zero-order valence-corrected chi connectivity index (χ0v) is 13.9. The van der Waals surface area contributed by atoms with Gasteiger partial charge in [0, 0.05) is 11.1 Å². The van der Waals surface area contributed by atoms with E-state index in [1.54, 1.807) is 25.1 Å². The lowest BCUT2D eigenvalue weighted by molar-refractivity contribution is -0.129. The third kappa shape index (κ3) is 4.06. The molecule has 1 aliphatic carbocycles. The van der Waals surface area contributed by atoms with Crippen molar-refractivity contribution in [2.45, 2.75) is 50.7 Å². The van der Waals surface area contributed by atoms with Crippen molar-refractivity contribution in [3.05, 3.63) is 28.2 Å². The van der Waals surface area contributed by atoms with Crippen LogP contribution in [0.15, 0.2) is 18.2 Å². The second kappa shape index (κ2) is 7.21. The molecule has 0 radical (unpaired) electrons. The molecule has 22 heavy (non-hydrogen) atoms. The van der Waals surface area contributed by atoms with Crippen LogP contribution in [0, 0.1) is 11.3 Å². The summed E-state index contributed by atoms with van der Waals surface area (Å²) < 4.78 is 5.58. The van der Waals surface area contributed by atoms with Crippen LogP contribution in [-0.2, 0) is 4.79 Å². The molecule has 4 nitrogen and oxygen atoms in total. The van der Waals surface area contributed by atoms with Crippen LogP contribution in [0.2, 0.25) is 10.0 Å². The fourth-order valence-corrected chi connectivity index (χ4v) is 2.89. The van der Waals surface area contributed by atoms with Gasteiger partial charge in [-0.15, -0.1) is 0 Å². The Morgan fingerprint density at radius 3 is 2.68 bits per heavy atom. The van der Waals surface area contributed by atoms with Crippen molar-refractivity contribution in [2.24, 2.45) is 0 Å². The van der Waals surface area contributed by atoms with E-state index < -0.39 is 11.6 Å². The summed E-state index contributed by atoms with van der Waals surface area (Å²) >= 11 is 11.9. The number of nitrogens with zero attached hydrogens (tertiary/aromatic N) is 1. The normalized spacial score (nSPS) is 18.1. The van der Waals surface area contributed by atoms with E-state index in [1.165, 1.54) is 0 Å². The number of hydrogen-bond acceptors (Lipinski definition) is 3. The molecule has 0 aliphatic heterocycles. The first-order valence-corrected chi connectivity index (χ1v) is 8.06. The number of nitrogens with one attached hydrogen (secondary N) is 1. The summed E-state index contributed by atoms with van der Waals surface area (Å²) in [6, 6.07) is 7.08. The van der Waals surface area contributed by atoms with Crippen molar-refractivity contribution in [2.75, 3.05) is 0 Å². The lowest BCUT2D eigenvalue weighted by Crippen LogP contribution is -2.52. The lowest BCUT2D eigenvalue weighted by Gasteiger charge is -2.32. The molecule has 0 bridgehead atoms. The molecule has 6 heteroatoms. The van der Waals surface area contributed by atoms with E-state index in [-0.39, 0.29) is 5.91 Å². The van der Waals surface area contributed by atoms with Gasteiger partial charge in [-0.25, -0.2) is 0 Å². The van der Waals surface area contributed by atoms with Gasteiger partial charge in [-0.2, -0.15) is 5.26 Å². The Morgan fingerprint density at radius 2 is 2.05 bits per heavy atom. The highest BCUT2D eigenvalue weighted by atomic mass is 35.5. The van der Waals surface area contributed by atoms with Crippen molar-refractivity contribution in [1.29, 1.82) is 5.26 Å². The highest BCUT2D eigenvalue weighted by Crippen LogP contribution is 2.30. The third-order valence-corrected chi connectivity index (χ3v) is 4.40. The van der Waals surface area contributed by atoms with E-state index >= 15 is 0 Å². The average Bonchev–Trinajstić information content (AvgIpc) is 2.51. The van der Waals surface area contributed by atoms with Gasteiger partial charge < -0.3 is 10.1 Å². The maximum atomic E-state index is 12.3. The van der Waals surface area contributed by atoms with Crippen LogP contribution < -0.4 is 10.1 Å². The molecule has 1 aromatic rings. The first-order chi connectivity index (χ1) is 10.5. The molecular formula is C16H18Cl2N2O2. The largest absolute Gasteiger partial charge is 0.479 e. The predicted molar refractivity (Wildman–Crippen MR) is 86.1 cm³/mol. The summed E-state index contributed by atoms with van der Waals surface area (Å²) in [6.45, 7) is 1.63. The molecule has 1 saturated carbocycles. The van der Waals surface area contributed by atoms with Crippen LogP contribution in [0.25, 0.3) is 0 Å². The first kappa shape index (κ1) is 16.9. The molecule has 1 fully saturated rings. The van der Waals surface area contributed by atoms with Crippen molar-refractivity contribution < 1.29 is 9.53 Å². The predicted octanol–water partition coefficient (Wildman–Crippen LogP) is 4.10. The SMILES string of the molecule is C[C@@H](Oc1cc(Cl)ccc1Cl)C(=O)NC1(C#N)CCCCC1. The standard InChI is InChI=1S/C16H18Cl2N2O2/c1-11(22-14-9-12(17)5-6-13(14)18)15(21)20-16(10-19)7-3-2-4-8-16/h5-6,9,11H,2-4,7-8H2,1H3,(H,20,21)/t11-/m1/s1. The second-order valence-corrected chi connectivity index (χ2v) is 6.42. The van der Waals surface area contributed by atoms with Crippen molar-refractivity contribution in [3.8, 4) is 11.8 Å². The Morgan fingerprint density at radius 1 is 1.36 bits per heavy atom. The number of hydrogen-bond donors (Lipinski definition) is 1. The molecular weight excluding hydrogens is 323 g/mol. The summed E-state index contributed by atoms with van der Waals surface area (Å²) in [5.74, 6) is 0.0333. The second-order valence-electron chi connectivity index (χ2n) is 5.58. The average molecular weight is 341 g/mol. The number of rotatable bonds is 4. The van der Waals surface area contributed by atoms with Gasteiger partial charge in [0.25, 0.3) is 5.91 Å². The third-order valence-electron chi connectivity index (χ3n) is 3.85. The lowest BCUT2D eigenvalue weighted by atomic mass is 9.83. The van der Waals surface area contributed by atoms with E-state index in [0.29, 0.717) is 28.6 Å². The Labute approximate surface area is 140 Å². The molecule has 0 unspecified atom stereocenters. The molecule has 1 N–H and O–H groups in total. The quantitative estimate of drug-likeness (QED) is 0.897. The minimum absolute atomic E-state index is 0.320. The van der Waals surface area contributed by atoms with E-state index in [4.69, 9.17) is 27.9 Å². The fourth-order valence-electron chi connectivity index (χ4n) is 2.57. The van der Waals surface area contributed by atoms with Gasteiger partial charge in [0.1, 0.15) is 11.3 Å². The van der Waals surface area contributed by atoms with Crippen molar-refractivity contribution >= 4 is 29.1 Å². The zero-order chi connectivity index (χ0) is 16.2. The summed E-state index contributed by atoms with van der Waals surface area (Å²) in [5, 5.41) is 13.1. The van der Waals surface area contributed by atoms with Crippen LogP contribution in [0.3, 0.4) is 0 Å². The van der Waals surface area contributed by atoms with Gasteiger partial charge in [-0.1, -0.05) is 42.5 Å². The Kier molecular flexibility index (Phi) is 5.55. The Balaban J connectivity index is 2.03. The van der Waals surface area contributed by atoms with Gasteiger partial charge in [0.2, 0.25) is 0 Å². The molecule has 0 aromatic heterocycles. The molecule has 1 aliphatic rings. The van der Waals surface area contributed by atoms with E-state index in [2.05, 4.69) is 11.4 Å². The number of carbonyl (C=O) groups excluding carboxylic acids is 1. The maximum Gasteiger partial charge on any atom is 0.262 e. The number of carbonyl (C=O) groups is 1. The summed E-state index contributed by atoms with van der Waals surface area (Å²) in [4.78, 5) is 12.3. The van der Waals surface area contributed by atoms with Crippen LogP contribution in [0.4, 0.5) is 0 Å². The van der Waals surface area contributed by atoms with Crippen LogP contribution in [0.5, 0.6) is 5.75 Å². The van der Waals surface area contributed by atoms with Crippen molar-refractivity contribution in [1.82, 2.24) is 5.32 Å². The van der Waals surface area contributed by atoms with Gasteiger partial charge in [0.05, 0.1) is 11.1 Å².